The molecule has 6 nitrogen and oxygen atoms in total. The van der Waals surface area contributed by atoms with Crippen LogP contribution in [0.5, 0.6) is 17.2 Å². The number of pyridine rings is 1. The molecule has 1 unspecified atom stereocenters. The molecule has 0 spiro atoms. The van der Waals surface area contributed by atoms with Crippen LogP contribution in [0.4, 0.5) is 0 Å². The van der Waals surface area contributed by atoms with Gasteiger partial charge < -0.3 is 19.9 Å². The maximum atomic E-state index is 9.83. The largest absolute Gasteiger partial charge is 0.495 e. The number of rotatable bonds is 3. The molecule has 1 atom stereocenters. The Hall–Kier alpha value is -3.24. The number of methoxy groups -OCH3 is 2. The Bertz CT molecular complexity index is 1190. The van der Waals surface area contributed by atoms with E-state index in [1.165, 1.54) is 0 Å². The molecule has 7 heteroatoms. The number of nitriles is 1. The van der Waals surface area contributed by atoms with Crippen molar-refractivity contribution in [3.8, 4) is 23.3 Å². The molecule has 1 aliphatic rings. The number of aromatic nitrogens is 1. The Kier molecular flexibility index (Phi) is 4.81. The number of benzene rings is 2. The number of fused-ring (bicyclic) bond motifs is 3. The van der Waals surface area contributed by atoms with E-state index in [0.29, 0.717) is 32.8 Å². The molecule has 146 valence electrons. The average molecular weight is 452 g/mol. The van der Waals surface area contributed by atoms with Crippen LogP contribution in [0.2, 0.25) is 0 Å². The lowest BCUT2D eigenvalue weighted by Gasteiger charge is -2.28. The van der Waals surface area contributed by atoms with Crippen molar-refractivity contribution >= 4 is 26.8 Å². The maximum absolute atomic E-state index is 9.83. The normalized spacial score (nSPS) is 15.5. The second-order valence-electron chi connectivity index (χ2n) is 6.67. The van der Waals surface area contributed by atoms with E-state index in [1.54, 1.807) is 14.2 Å². The number of hydrogen-bond acceptors (Lipinski definition) is 6. The molecule has 2 aromatic carbocycles. The third-order valence-electron chi connectivity index (χ3n) is 4.98. The van der Waals surface area contributed by atoms with Crippen molar-refractivity contribution in [3.05, 3.63) is 69.1 Å². The number of halogens is 1. The molecule has 0 radical (unpaired) electrons. The van der Waals surface area contributed by atoms with Crippen molar-refractivity contribution in [3.63, 3.8) is 0 Å². The van der Waals surface area contributed by atoms with Gasteiger partial charge in [0.15, 0.2) is 5.75 Å². The van der Waals surface area contributed by atoms with E-state index in [1.807, 2.05) is 43.3 Å². The van der Waals surface area contributed by atoms with Gasteiger partial charge in [-0.3, -0.25) is 0 Å². The quantitative estimate of drug-likeness (QED) is 0.628. The first kappa shape index (κ1) is 19.1. The summed E-state index contributed by atoms with van der Waals surface area (Å²) >= 11 is 3.49. The van der Waals surface area contributed by atoms with E-state index < -0.39 is 5.92 Å². The summed E-state index contributed by atoms with van der Waals surface area (Å²) in [6.07, 6.45) is 0. The molecule has 0 amide bonds. The highest BCUT2D eigenvalue weighted by atomic mass is 79.9. The average Bonchev–Trinajstić information content (AvgIpc) is 2.73. The first-order valence-corrected chi connectivity index (χ1v) is 9.67. The first-order valence-electron chi connectivity index (χ1n) is 8.87. The van der Waals surface area contributed by atoms with E-state index in [-0.39, 0.29) is 5.88 Å². The molecular formula is C22H18BrN3O3. The minimum absolute atomic E-state index is 0.0710. The molecule has 1 aromatic heterocycles. The fourth-order valence-electron chi connectivity index (χ4n) is 3.60. The summed E-state index contributed by atoms with van der Waals surface area (Å²) in [7, 11) is 3.16. The lowest BCUT2D eigenvalue weighted by molar-refractivity contribution is 0.385. The summed E-state index contributed by atoms with van der Waals surface area (Å²) in [5, 5.41) is 10.8. The third kappa shape index (κ3) is 3.06. The monoisotopic (exact) mass is 451 g/mol. The van der Waals surface area contributed by atoms with Crippen molar-refractivity contribution in [2.24, 2.45) is 5.73 Å². The third-order valence-corrected chi connectivity index (χ3v) is 5.77. The molecule has 0 fully saturated rings. The number of aryl methyl sites for hydroxylation is 1. The van der Waals surface area contributed by atoms with Gasteiger partial charge in [0.05, 0.1) is 20.1 Å². The van der Waals surface area contributed by atoms with Gasteiger partial charge in [-0.15, -0.1) is 0 Å². The molecule has 2 heterocycles. The highest BCUT2D eigenvalue weighted by Gasteiger charge is 2.33. The van der Waals surface area contributed by atoms with E-state index in [4.69, 9.17) is 19.9 Å². The lowest BCUT2D eigenvalue weighted by atomic mass is 9.83. The van der Waals surface area contributed by atoms with Crippen molar-refractivity contribution < 1.29 is 14.2 Å². The van der Waals surface area contributed by atoms with Crippen molar-refractivity contribution in [2.75, 3.05) is 14.2 Å². The fraction of sp³-hybridized carbons (Fsp3) is 0.182. The fourth-order valence-corrected chi connectivity index (χ4v) is 4.15. The number of hydrogen-bond donors (Lipinski definition) is 1. The molecule has 0 aliphatic carbocycles. The van der Waals surface area contributed by atoms with Gasteiger partial charge >= 0.3 is 0 Å². The van der Waals surface area contributed by atoms with Gasteiger partial charge in [-0.05, 0) is 46.6 Å². The first-order chi connectivity index (χ1) is 14.0. The van der Waals surface area contributed by atoms with Crippen LogP contribution < -0.4 is 19.9 Å². The maximum Gasteiger partial charge on any atom is 0.205 e. The number of allylic oxidation sites excluding steroid dienone is 1. The smallest absolute Gasteiger partial charge is 0.205 e. The van der Waals surface area contributed by atoms with Gasteiger partial charge in [-0.2, -0.15) is 5.26 Å². The highest BCUT2D eigenvalue weighted by Crippen LogP contribution is 2.47. The van der Waals surface area contributed by atoms with E-state index in [9.17, 15) is 5.26 Å². The van der Waals surface area contributed by atoms with Crippen molar-refractivity contribution in [2.45, 2.75) is 12.8 Å². The van der Waals surface area contributed by atoms with Gasteiger partial charge in [0, 0.05) is 16.6 Å². The van der Waals surface area contributed by atoms with Crippen LogP contribution in [0.25, 0.3) is 10.9 Å². The number of nitrogens with two attached hydrogens (primary N) is 1. The molecule has 2 N–H and O–H groups in total. The van der Waals surface area contributed by atoms with Crippen molar-refractivity contribution in [1.82, 2.24) is 4.98 Å². The SMILES string of the molecule is COc1cc(C2C(C#N)=C(N)Oc3c2ccc2ccc(C)nc32)cc(OC)c1Br. The zero-order valence-corrected chi connectivity index (χ0v) is 17.7. The Morgan fingerprint density at radius 3 is 2.41 bits per heavy atom. The van der Waals surface area contributed by atoms with Gasteiger partial charge in [0.25, 0.3) is 0 Å². The van der Waals surface area contributed by atoms with E-state index in [0.717, 1.165) is 22.2 Å². The minimum Gasteiger partial charge on any atom is -0.495 e. The summed E-state index contributed by atoms with van der Waals surface area (Å²) in [5.41, 5.74) is 9.69. The Labute approximate surface area is 176 Å². The van der Waals surface area contributed by atoms with Gasteiger partial charge in [-0.25, -0.2) is 4.98 Å². The van der Waals surface area contributed by atoms with Crippen LogP contribution in [0.3, 0.4) is 0 Å². The van der Waals surface area contributed by atoms with Gasteiger partial charge in [0.1, 0.15) is 33.1 Å². The van der Waals surface area contributed by atoms with Crippen molar-refractivity contribution in [1.29, 1.82) is 5.26 Å². The molecule has 0 bridgehead atoms. The second-order valence-corrected chi connectivity index (χ2v) is 7.47. The van der Waals surface area contributed by atoms with Crippen LogP contribution in [0.1, 0.15) is 22.7 Å². The van der Waals surface area contributed by atoms with E-state index >= 15 is 0 Å². The summed E-state index contributed by atoms with van der Waals surface area (Å²) in [4.78, 5) is 4.64. The highest BCUT2D eigenvalue weighted by molar-refractivity contribution is 9.10. The predicted molar refractivity (Wildman–Crippen MR) is 113 cm³/mol. The minimum atomic E-state index is -0.439. The molecule has 3 aromatic rings. The summed E-state index contributed by atoms with van der Waals surface area (Å²) in [5.74, 6) is 1.39. The molecule has 1 aliphatic heterocycles. The number of nitrogens with zero attached hydrogens (tertiary/aromatic N) is 2. The van der Waals surface area contributed by atoms with Crippen LogP contribution in [0, 0.1) is 18.3 Å². The van der Waals surface area contributed by atoms with E-state index in [2.05, 4.69) is 27.0 Å². The van der Waals surface area contributed by atoms with Crippen LogP contribution in [0.15, 0.2) is 52.3 Å². The zero-order valence-electron chi connectivity index (χ0n) is 16.1. The summed E-state index contributed by atoms with van der Waals surface area (Å²) in [6.45, 7) is 1.92. The Balaban J connectivity index is 2.02. The molecule has 0 saturated heterocycles. The Morgan fingerprint density at radius 1 is 1.14 bits per heavy atom. The van der Waals surface area contributed by atoms with Gasteiger partial charge in [-0.1, -0.05) is 18.2 Å². The second kappa shape index (κ2) is 7.30. The topological polar surface area (TPSA) is 90.4 Å². The predicted octanol–water partition coefficient (Wildman–Crippen LogP) is 4.54. The Morgan fingerprint density at radius 2 is 1.79 bits per heavy atom. The van der Waals surface area contributed by atoms with Gasteiger partial charge in [0.2, 0.25) is 5.88 Å². The number of ether oxygens (including phenoxy) is 3. The summed E-state index contributed by atoms with van der Waals surface area (Å²) < 4.78 is 17.6. The molecule has 4 rings (SSSR count). The van der Waals surface area contributed by atoms with Crippen LogP contribution in [-0.4, -0.2) is 19.2 Å². The summed E-state index contributed by atoms with van der Waals surface area (Å²) in [6, 6.07) is 13.8. The standard InChI is InChI=1S/C22H18BrN3O3/c1-11-4-5-12-6-7-14-18(13-8-16(27-2)19(23)17(9-13)28-3)15(10-24)22(25)29-21(14)20(12)26-11/h4-9,18H,25H2,1-3H3. The zero-order chi connectivity index (χ0) is 20.7. The molecule has 29 heavy (non-hydrogen) atoms. The molecular weight excluding hydrogens is 434 g/mol. The van der Waals surface area contributed by atoms with Crippen LogP contribution in [-0.2, 0) is 0 Å². The lowest BCUT2D eigenvalue weighted by Crippen LogP contribution is -2.21. The molecule has 0 saturated carbocycles. The van der Waals surface area contributed by atoms with Crippen LogP contribution >= 0.6 is 15.9 Å².